The number of amides is 1. The van der Waals surface area contributed by atoms with E-state index in [-0.39, 0.29) is 11.9 Å². The van der Waals surface area contributed by atoms with Crippen LogP contribution in [0.2, 0.25) is 5.02 Å². The van der Waals surface area contributed by atoms with Crippen LogP contribution in [0.15, 0.2) is 18.2 Å². The SMILES string of the molecule is Cc1ccc(Cl)c(O[C@@H](C)C(=O)N[C@@H]2CCNC2)c1. The Bertz CT molecular complexity index is 459. The first-order valence-electron chi connectivity index (χ1n) is 6.50. The fourth-order valence-corrected chi connectivity index (χ4v) is 2.20. The molecule has 0 saturated carbocycles. The monoisotopic (exact) mass is 282 g/mol. The van der Waals surface area contributed by atoms with Crippen molar-refractivity contribution in [3.63, 3.8) is 0 Å². The number of carbonyl (C=O) groups is 1. The molecule has 104 valence electrons. The van der Waals surface area contributed by atoms with Crippen molar-refractivity contribution >= 4 is 17.5 Å². The minimum absolute atomic E-state index is 0.105. The lowest BCUT2D eigenvalue weighted by molar-refractivity contribution is -0.127. The van der Waals surface area contributed by atoms with Gasteiger partial charge in [-0.3, -0.25) is 4.79 Å². The first kappa shape index (κ1) is 14.2. The number of nitrogens with one attached hydrogen (secondary N) is 2. The molecule has 5 heteroatoms. The summed E-state index contributed by atoms with van der Waals surface area (Å²) in [7, 11) is 0. The average molecular weight is 283 g/mol. The van der Waals surface area contributed by atoms with Gasteiger partial charge in [0.15, 0.2) is 6.10 Å². The molecule has 1 heterocycles. The number of ether oxygens (including phenoxy) is 1. The minimum atomic E-state index is -0.556. The summed E-state index contributed by atoms with van der Waals surface area (Å²) in [5.41, 5.74) is 1.05. The van der Waals surface area contributed by atoms with Crippen molar-refractivity contribution in [2.45, 2.75) is 32.4 Å². The highest BCUT2D eigenvalue weighted by Gasteiger charge is 2.21. The van der Waals surface area contributed by atoms with Crippen LogP contribution in [0, 0.1) is 6.92 Å². The van der Waals surface area contributed by atoms with Gasteiger partial charge in [-0.05, 0) is 44.5 Å². The van der Waals surface area contributed by atoms with Crippen LogP contribution in [0.25, 0.3) is 0 Å². The molecule has 0 unspecified atom stereocenters. The van der Waals surface area contributed by atoms with Crippen LogP contribution in [-0.2, 0) is 4.79 Å². The minimum Gasteiger partial charge on any atom is -0.479 e. The van der Waals surface area contributed by atoms with Crippen LogP contribution >= 0.6 is 11.6 Å². The van der Waals surface area contributed by atoms with E-state index in [0.717, 1.165) is 25.1 Å². The summed E-state index contributed by atoms with van der Waals surface area (Å²) in [5, 5.41) is 6.69. The lowest BCUT2D eigenvalue weighted by Crippen LogP contribution is -2.43. The number of aryl methyl sites for hydroxylation is 1. The molecule has 1 fully saturated rings. The van der Waals surface area contributed by atoms with Crippen LogP contribution in [-0.4, -0.2) is 31.1 Å². The van der Waals surface area contributed by atoms with Crippen molar-refractivity contribution in [2.24, 2.45) is 0 Å². The van der Waals surface area contributed by atoms with E-state index in [2.05, 4.69) is 10.6 Å². The predicted molar refractivity (Wildman–Crippen MR) is 75.7 cm³/mol. The molecule has 19 heavy (non-hydrogen) atoms. The van der Waals surface area contributed by atoms with Crippen LogP contribution in [0.1, 0.15) is 18.9 Å². The standard InChI is InChI=1S/C14H19ClN2O2/c1-9-3-4-12(15)13(7-9)19-10(2)14(18)17-11-5-6-16-8-11/h3-4,7,10-11,16H,5-6,8H2,1-2H3,(H,17,18)/t10-,11+/m0/s1. The Kier molecular flexibility index (Phi) is 4.66. The largest absolute Gasteiger partial charge is 0.479 e. The summed E-state index contributed by atoms with van der Waals surface area (Å²) in [5.74, 6) is 0.445. The molecule has 1 aromatic rings. The van der Waals surface area contributed by atoms with Crippen LogP contribution in [0.4, 0.5) is 0 Å². The number of hydrogen-bond acceptors (Lipinski definition) is 3. The second kappa shape index (κ2) is 6.26. The number of carbonyl (C=O) groups excluding carboxylic acids is 1. The maximum absolute atomic E-state index is 12.0. The molecule has 0 radical (unpaired) electrons. The molecule has 2 rings (SSSR count). The summed E-state index contributed by atoms with van der Waals surface area (Å²) in [6.07, 6.45) is 0.406. The Morgan fingerprint density at radius 1 is 1.58 bits per heavy atom. The summed E-state index contributed by atoms with van der Waals surface area (Å²) >= 11 is 6.05. The van der Waals surface area contributed by atoms with Gasteiger partial charge >= 0.3 is 0 Å². The molecule has 1 aliphatic rings. The molecular formula is C14H19ClN2O2. The third-order valence-corrected chi connectivity index (χ3v) is 3.48. The number of hydrogen-bond donors (Lipinski definition) is 2. The molecular weight excluding hydrogens is 264 g/mol. The van der Waals surface area contributed by atoms with E-state index in [1.54, 1.807) is 13.0 Å². The van der Waals surface area contributed by atoms with Crippen LogP contribution in [0.3, 0.4) is 0 Å². The van der Waals surface area contributed by atoms with Gasteiger partial charge < -0.3 is 15.4 Å². The van der Waals surface area contributed by atoms with E-state index in [9.17, 15) is 4.79 Å². The molecule has 0 aromatic heterocycles. The molecule has 0 spiro atoms. The van der Waals surface area contributed by atoms with Gasteiger partial charge in [0, 0.05) is 12.6 Å². The molecule has 1 aliphatic heterocycles. The Labute approximate surface area is 118 Å². The highest BCUT2D eigenvalue weighted by Crippen LogP contribution is 2.26. The first-order valence-corrected chi connectivity index (χ1v) is 6.88. The summed E-state index contributed by atoms with van der Waals surface area (Å²) < 4.78 is 5.63. The van der Waals surface area contributed by atoms with Gasteiger partial charge in [0.25, 0.3) is 5.91 Å². The smallest absolute Gasteiger partial charge is 0.261 e. The first-order chi connectivity index (χ1) is 9.06. The third-order valence-electron chi connectivity index (χ3n) is 3.17. The Morgan fingerprint density at radius 3 is 3.05 bits per heavy atom. The lowest BCUT2D eigenvalue weighted by Gasteiger charge is -2.18. The highest BCUT2D eigenvalue weighted by molar-refractivity contribution is 6.32. The summed E-state index contributed by atoms with van der Waals surface area (Å²) in [4.78, 5) is 12.0. The zero-order valence-electron chi connectivity index (χ0n) is 11.2. The summed E-state index contributed by atoms with van der Waals surface area (Å²) in [6, 6.07) is 5.72. The Balaban J connectivity index is 1.93. The molecule has 1 amide bonds. The van der Waals surface area contributed by atoms with Crippen molar-refractivity contribution in [2.75, 3.05) is 13.1 Å². The Hall–Kier alpha value is -1.26. The maximum atomic E-state index is 12.0. The van der Waals surface area contributed by atoms with Gasteiger partial charge in [-0.2, -0.15) is 0 Å². The van der Waals surface area contributed by atoms with E-state index < -0.39 is 6.10 Å². The van der Waals surface area contributed by atoms with Crippen molar-refractivity contribution in [1.82, 2.24) is 10.6 Å². The van der Waals surface area contributed by atoms with Crippen LogP contribution in [0.5, 0.6) is 5.75 Å². The normalized spacial score (nSPS) is 20.1. The zero-order valence-corrected chi connectivity index (χ0v) is 12.0. The molecule has 4 nitrogen and oxygen atoms in total. The lowest BCUT2D eigenvalue weighted by atomic mass is 10.2. The molecule has 0 bridgehead atoms. The van der Waals surface area contributed by atoms with Crippen molar-refractivity contribution < 1.29 is 9.53 Å². The van der Waals surface area contributed by atoms with Gasteiger partial charge in [0.2, 0.25) is 0 Å². The molecule has 1 aromatic carbocycles. The van der Waals surface area contributed by atoms with Crippen molar-refractivity contribution in [3.05, 3.63) is 28.8 Å². The number of halogens is 1. The van der Waals surface area contributed by atoms with E-state index in [0.29, 0.717) is 10.8 Å². The number of benzene rings is 1. The summed E-state index contributed by atoms with van der Waals surface area (Å²) in [6.45, 7) is 5.46. The van der Waals surface area contributed by atoms with Gasteiger partial charge in [-0.25, -0.2) is 0 Å². The quantitative estimate of drug-likeness (QED) is 0.887. The zero-order chi connectivity index (χ0) is 13.8. The van der Waals surface area contributed by atoms with Crippen molar-refractivity contribution in [1.29, 1.82) is 0 Å². The molecule has 1 saturated heterocycles. The topological polar surface area (TPSA) is 50.4 Å². The second-order valence-corrected chi connectivity index (χ2v) is 5.30. The molecule has 2 N–H and O–H groups in total. The fourth-order valence-electron chi connectivity index (χ4n) is 2.04. The van der Waals surface area contributed by atoms with Crippen LogP contribution < -0.4 is 15.4 Å². The van der Waals surface area contributed by atoms with Gasteiger partial charge in [-0.1, -0.05) is 17.7 Å². The van der Waals surface area contributed by atoms with Gasteiger partial charge in [0.1, 0.15) is 5.75 Å². The highest BCUT2D eigenvalue weighted by atomic mass is 35.5. The number of rotatable bonds is 4. The maximum Gasteiger partial charge on any atom is 0.261 e. The average Bonchev–Trinajstić information content (AvgIpc) is 2.86. The third kappa shape index (κ3) is 3.85. The predicted octanol–water partition coefficient (Wildman–Crippen LogP) is 1.89. The second-order valence-electron chi connectivity index (χ2n) is 4.89. The van der Waals surface area contributed by atoms with E-state index >= 15 is 0 Å². The van der Waals surface area contributed by atoms with Gasteiger partial charge in [-0.15, -0.1) is 0 Å². The van der Waals surface area contributed by atoms with E-state index in [1.165, 1.54) is 0 Å². The van der Waals surface area contributed by atoms with E-state index in [4.69, 9.17) is 16.3 Å². The molecule has 2 atom stereocenters. The fraction of sp³-hybridized carbons (Fsp3) is 0.500. The van der Waals surface area contributed by atoms with Gasteiger partial charge in [0.05, 0.1) is 5.02 Å². The Morgan fingerprint density at radius 2 is 2.37 bits per heavy atom. The molecule has 0 aliphatic carbocycles. The van der Waals surface area contributed by atoms with Crippen molar-refractivity contribution in [3.8, 4) is 5.75 Å². The van der Waals surface area contributed by atoms with E-state index in [1.807, 2.05) is 19.1 Å².